The molecule has 0 spiro atoms. The van der Waals surface area contributed by atoms with E-state index in [4.69, 9.17) is 11.6 Å². The van der Waals surface area contributed by atoms with Crippen LogP contribution in [0.25, 0.3) is 23.0 Å². The van der Waals surface area contributed by atoms with Crippen molar-refractivity contribution in [2.75, 3.05) is 18.0 Å². The molecular formula is C27H25ClN4O. The van der Waals surface area contributed by atoms with E-state index >= 15 is 0 Å². The molecule has 0 aliphatic carbocycles. The molecule has 0 unspecified atom stereocenters. The van der Waals surface area contributed by atoms with Gasteiger partial charge in [-0.05, 0) is 61.9 Å². The molecule has 33 heavy (non-hydrogen) atoms. The first-order chi connectivity index (χ1) is 16.1. The summed E-state index contributed by atoms with van der Waals surface area (Å²) in [5.74, 6) is -0.0696. The first kappa shape index (κ1) is 22.5. The van der Waals surface area contributed by atoms with Crippen LogP contribution in [-0.2, 0) is 0 Å². The smallest absolute Gasteiger partial charge is 0.185 e. The zero-order valence-electron chi connectivity index (χ0n) is 18.6. The zero-order valence-corrected chi connectivity index (χ0v) is 19.4. The number of hydrogen-bond donors (Lipinski definition) is 0. The average Bonchev–Trinajstić information content (AvgIpc) is 3.35. The molecule has 0 saturated heterocycles. The quantitative estimate of drug-likeness (QED) is 0.229. The Morgan fingerprint density at radius 2 is 1.76 bits per heavy atom. The number of benzene rings is 3. The number of nitrogens with zero attached hydrogens (tertiary/aromatic N) is 4. The molecule has 1 aromatic heterocycles. The second kappa shape index (κ2) is 10.3. The summed E-state index contributed by atoms with van der Waals surface area (Å²) in [5, 5.41) is 9.09. The lowest BCUT2D eigenvalue weighted by molar-refractivity contribution is 0.104. The third-order valence-electron chi connectivity index (χ3n) is 5.46. The summed E-state index contributed by atoms with van der Waals surface area (Å²) in [6.07, 6.45) is 5.26. The average molecular weight is 457 g/mol. The number of allylic oxidation sites excluding steroid dienone is 1. The van der Waals surface area contributed by atoms with Crippen molar-refractivity contribution in [3.8, 4) is 16.9 Å². The number of carbonyl (C=O) groups excluding carboxylic acids is 1. The maximum absolute atomic E-state index is 12.8. The molecular weight excluding hydrogens is 432 g/mol. The molecule has 166 valence electrons. The van der Waals surface area contributed by atoms with E-state index in [0.29, 0.717) is 16.3 Å². The van der Waals surface area contributed by atoms with Crippen molar-refractivity contribution >= 4 is 29.1 Å². The van der Waals surface area contributed by atoms with Crippen LogP contribution in [0.2, 0.25) is 5.02 Å². The monoisotopic (exact) mass is 456 g/mol. The van der Waals surface area contributed by atoms with E-state index in [-0.39, 0.29) is 5.78 Å². The lowest BCUT2D eigenvalue weighted by Gasteiger charge is -2.20. The molecule has 0 fully saturated rings. The van der Waals surface area contributed by atoms with Gasteiger partial charge >= 0.3 is 0 Å². The van der Waals surface area contributed by atoms with Crippen molar-refractivity contribution in [3.05, 3.63) is 101 Å². The lowest BCUT2D eigenvalue weighted by atomic mass is 10.1. The van der Waals surface area contributed by atoms with E-state index in [1.54, 1.807) is 16.8 Å². The van der Waals surface area contributed by atoms with Crippen molar-refractivity contribution in [2.24, 2.45) is 0 Å². The Balaban J connectivity index is 1.49. The molecule has 4 rings (SSSR count). The Bertz CT molecular complexity index is 1270. The molecule has 0 N–H and O–H groups in total. The third-order valence-corrected chi connectivity index (χ3v) is 5.69. The van der Waals surface area contributed by atoms with Crippen LogP contribution in [0.1, 0.15) is 29.8 Å². The highest BCUT2D eigenvalue weighted by Crippen LogP contribution is 2.22. The fraction of sp³-hybridized carbons (Fsp3) is 0.148. The molecule has 0 aliphatic rings. The molecule has 0 bridgehead atoms. The van der Waals surface area contributed by atoms with E-state index < -0.39 is 0 Å². The van der Waals surface area contributed by atoms with Gasteiger partial charge in [-0.1, -0.05) is 59.3 Å². The predicted molar refractivity (Wildman–Crippen MR) is 135 cm³/mol. The maximum atomic E-state index is 12.8. The van der Waals surface area contributed by atoms with Gasteiger partial charge in [0.05, 0.1) is 11.9 Å². The third kappa shape index (κ3) is 5.38. The molecule has 6 heteroatoms. The number of anilines is 1. The summed E-state index contributed by atoms with van der Waals surface area (Å²) < 4.78 is 1.66. The summed E-state index contributed by atoms with van der Waals surface area (Å²) in [6, 6.07) is 23.0. The highest BCUT2D eigenvalue weighted by atomic mass is 35.5. The first-order valence-electron chi connectivity index (χ1n) is 10.9. The van der Waals surface area contributed by atoms with Crippen LogP contribution < -0.4 is 4.90 Å². The lowest BCUT2D eigenvalue weighted by Crippen LogP contribution is -2.21. The molecule has 0 saturated carbocycles. The minimum atomic E-state index is -0.0696. The van der Waals surface area contributed by atoms with Crippen molar-refractivity contribution in [3.63, 3.8) is 0 Å². The summed E-state index contributed by atoms with van der Waals surface area (Å²) in [5.41, 5.74) is 5.11. The Labute approximate surface area is 198 Å². The summed E-state index contributed by atoms with van der Waals surface area (Å²) >= 11 is 6.08. The van der Waals surface area contributed by atoms with E-state index in [2.05, 4.69) is 41.2 Å². The first-order valence-corrected chi connectivity index (χ1v) is 11.3. The maximum Gasteiger partial charge on any atom is 0.185 e. The Morgan fingerprint density at radius 3 is 2.48 bits per heavy atom. The van der Waals surface area contributed by atoms with Gasteiger partial charge in [-0.2, -0.15) is 0 Å². The molecule has 0 amide bonds. The van der Waals surface area contributed by atoms with Gasteiger partial charge in [0.25, 0.3) is 0 Å². The fourth-order valence-corrected chi connectivity index (χ4v) is 3.82. The second-order valence-corrected chi connectivity index (χ2v) is 8.01. The van der Waals surface area contributed by atoms with Crippen molar-refractivity contribution in [2.45, 2.75) is 13.8 Å². The van der Waals surface area contributed by atoms with E-state index in [9.17, 15) is 4.79 Å². The Morgan fingerprint density at radius 1 is 1.00 bits per heavy atom. The van der Waals surface area contributed by atoms with Crippen LogP contribution >= 0.6 is 11.6 Å². The number of carbonyl (C=O) groups is 1. The molecule has 0 radical (unpaired) electrons. The number of hydrogen-bond acceptors (Lipinski definition) is 4. The minimum Gasteiger partial charge on any atom is -0.372 e. The number of aromatic nitrogens is 3. The fourth-order valence-electron chi connectivity index (χ4n) is 3.62. The normalized spacial score (nSPS) is 11.1. The largest absolute Gasteiger partial charge is 0.372 e. The SMILES string of the molecule is CCN(CC)c1ccc(/C=C/C(=O)c2cccc(-n3cc(-c4cccc(Cl)c4)nn3)c2)cc1. The van der Waals surface area contributed by atoms with Crippen LogP contribution in [0.3, 0.4) is 0 Å². The molecule has 3 aromatic carbocycles. The summed E-state index contributed by atoms with van der Waals surface area (Å²) in [7, 11) is 0. The molecule has 0 aliphatic heterocycles. The minimum absolute atomic E-state index is 0.0696. The summed E-state index contributed by atoms with van der Waals surface area (Å²) in [6.45, 7) is 6.21. The molecule has 4 aromatic rings. The van der Waals surface area contributed by atoms with Crippen LogP contribution in [0.15, 0.2) is 85.1 Å². The molecule has 1 heterocycles. The Hall–Kier alpha value is -3.70. The van der Waals surface area contributed by atoms with Crippen LogP contribution in [0.4, 0.5) is 5.69 Å². The van der Waals surface area contributed by atoms with E-state index in [1.807, 2.05) is 66.9 Å². The highest BCUT2D eigenvalue weighted by molar-refractivity contribution is 6.30. The molecule has 0 atom stereocenters. The van der Waals surface area contributed by atoms with E-state index in [1.165, 1.54) is 5.69 Å². The Kier molecular flexibility index (Phi) is 7.01. The van der Waals surface area contributed by atoms with Crippen LogP contribution in [-0.4, -0.2) is 33.9 Å². The number of halogens is 1. The van der Waals surface area contributed by atoms with Crippen molar-refractivity contribution < 1.29 is 4.79 Å². The van der Waals surface area contributed by atoms with Gasteiger partial charge < -0.3 is 4.90 Å². The standard InChI is InChI=1S/C27H25ClN4O/c1-3-31(4-2)24-14-11-20(12-15-24)13-16-27(33)22-8-6-10-25(18-22)32-19-26(29-30-32)21-7-5-9-23(28)17-21/h5-19H,3-4H2,1-2H3/b16-13+. The van der Waals surface area contributed by atoms with Crippen molar-refractivity contribution in [1.29, 1.82) is 0 Å². The van der Waals surface area contributed by atoms with Gasteiger partial charge in [0.15, 0.2) is 5.78 Å². The van der Waals surface area contributed by atoms with Gasteiger partial charge in [-0.15, -0.1) is 5.10 Å². The second-order valence-electron chi connectivity index (χ2n) is 7.57. The summed E-state index contributed by atoms with van der Waals surface area (Å²) in [4.78, 5) is 15.1. The van der Waals surface area contributed by atoms with E-state index in [0.717, 1.165) is 29.9 Å². The zero-order chi connectivity index (χ0) is 23.2. The van der Waals surface area contributed by atoms with Gasteiger partial charge in [0.1, 0.15) is 5.69 Å². The van der Waals surface area contributed by atoms with Gasteiger partial charge in [-0.25, -0.2) is 4.68 Å². The molecule has 5 nitrogen and oxygen atoms in total. The highest BCUT2D eigenvalue weighted by Gasteiger charge is 2.09. The van der Waals surface area contributed by atoms with Crippen LogP contribution in [0, 0.1) is 0 Å². The van der Waals surface area contributed by atoms with Gasteiger partial charge in [0.2, 0.25) is 0 Å². The van der Waals surface area contributed by atoms with Crippen molar-refractivity contribution in [1.82, 2.24) is 15.0 Å². The number of rotatable bonds is 8. The predicted octanol–water partition coefficient (Wildman–Crippen LogP) is 6.33. The van der Waals surface area contributed by atoms with Gasteiger partial charge in [0, 0.05) is 34.9 Å². The van der Waals surface area contributed by atoms with Crippen LogP contribution in [0.5, 0.6) is 0 Å². The number of ketones is 1. The topological polar surface area (TPSA) is 51.0 Å². The van der Waals surface area contributed by atoms with Gasteiger partial charge in [-0.3, -0.25) is 4.79 Å².